The van der Waals surface area contributed by atoms with E-state index in [4.69, 9.17) is 16.7 Å². The normalized spacial score (nSPS) is 18.2. The van der Waals surface area contributed by atoms with Crippen molar-refractivity contribution >= 4 is 23.5 Å². The standard InChI is InChI=1S/C15H18ClNO3/c16-13-6-2-1-4-11(13)7-8-14(18)17-9-3-5-12(17)10-15(19)20/h1-2,4,6,12H,3,5,7-10H2,(H,19,20). The average Bonchev–Trinajstić information content (AvgIpc) is 2.85. The highest BCUT2D eigenvalue weighted by atomic mass is 35.5. The first kappa shape index (κ1) is 14.9. The van der Waals surface area contributed by atoms with Gasteiger partial charge in [-0.15, -0.1) is 0 Å². The van der Waals surface area contributed by atoms with Crippen LogP contribution in [0.15, 0.2) is 24.3 Å². The molecule has 1 atom stereocenters. The lowest BCUT2D eigenvalue weighted by atomic mass is 10.1. The lowest BCUT2D eigenvalue weighted by Gasteiger charge is -2.23. The minimum absolute atomic E-state index is 0.0219. The van der Waals surface area contributed by atoms with E-state index >= 15 is 0 Å². The van der Waals surface area contributed by atoms with Gasteiger partial charge in [0.1, 0.15) is 0 Å². The van der Waals surface area contributed by atoms with E-state index in [0.717, 1.165) is 18.4 Å². The van der Waals surface area contributed by atoms with Gasteiger partial charge in [-0.1, -0.05) is 29.8 Å². The molecule has 0 aromatic heterocycles. The quantitative estimate of drug-likeness (QED) is 0.908. The zero-order valence-corrected chi connectivity index (χ0v) is 12.0. The van der Waals surface area contributed by atoms with Crippen molar-refractivity contribution < 1.29 is 14.7 Å². The molecule has 1 fully saturated rings. The van der Waals surface area contributed by atoms with Gasteiger partial charge in [0.2, 0.25) is 5.91 Å². The Kier molecular flexibility index (Phi) is 5.01. The summed E-state index contributed by atoms with van der Waals surface area (Å²) in [7, 11) is 0. The zero-order chi connectivity index (χ0) is 14.5. The molecule has 108 valence electrons. The van der Waals surface area contributed by atoms with E-state index in [1.807, 2.05) is 24.3 Å². The van der Waals surface area contributed by atoms with Gasteiger partial charge in [-0.25, -0.2) is 0 Å². The molecule has 0 spiro atoms. The van der Waals surface area contributed by atoms with Crippen molar-refractivity contribution in [1.29, 1.82) is 0 Å². The number of aryl methyl sites for hydroxylation is 1. The molecule has 1 aliphatic rings. The van der Waals surface area contributed by atoms with Gasteiger partial charge in [0.05, 0.1) is 6.42 Å². The topological polar surface area (TPSA) is 57.6 Å². The monoisotopic (exact) mass is 295 g/mol. The second-order valence-electron chi connectivity index (χ2n) is 5.07. The van der Waals surface area contributed by atoms with Crippen LogP contribution in [0, 0.1) is 0 Å². The smallest absolute Gasteiger partial charge is 0.305 e. The number of carbonyl (C=O) groups is 2. The van der Waals surface area contributed by atoms with Crippen LogP contribution in [0.2, 0.25) is 5.02 Å². The third-order valence-electron chi connectivity index (χ3n) is 3.67. The molecule has 1 aliphatic heterocycles. The Morgan fingerprint density at radius 3 is 2.80 bits per heavy atom. The van der Waals surface area contributed by atoms with Crippen molar-refractivity contribution in [2.24, 2.45) is 0 Å². The molecular weight excluding hydrogens is 278 g/mol. The number of benzene rings is 1. The molecule has 2 rings (SSSR count). The summed E-state index contributed by atoms with van der Waals surface area (Å²) < 4.78 is 0. The third-order valence-corrected chi connectivity index (χ3v) is 4.04. The average molecular weight is 296 g/mol. The van der Waals surface area contributed by atoms with Crippen LogP contribution in [0.25, 0.3) is 0 Å². The van der Waals surface area contributed by atoms with Crippen LogP contribution in [0.3, 0.4) is 0 Å². The number of halogens is 1. The predicted molar refractivity (Wildman–Crippen MR) is 76.8 cm³/mol. The van der Waals surface area contributed by atoms with Crippen LogP contribution < -0.4 is 0 Å². The molecule has 1 unspecified atom stereocenters. The maximum Gasteiger partial charge on any atom is 0.305 e. The van der Waals surface area contributed by atoms with Crippen molar-refractivity contribution in [3.8, 4) is 0 Å². The summed E-state index contributed by atoms with van der Waals surface area (Å²) in [6, 6.07) is 7.33. The van der Waals surface area contributed by atoms with E-state index in [1.54, 1.807) is 4.90 Å². The Balaban J connectivity index is 1.91. The van der Waals surface area contributed by atoms with Crippen LogP contribution in [0.1, 0.15) is 31.2 Å². The highest BCUT2D eigenvalue weighted by Crippen LogP contribution is 2.22. The third kappa shape index (κ3) is 3.73. The number of hydrogen-bond donors (Lipinski definition) is 1. The molecular formula is C15H18ClNO3. The number of likely N-dealkylation sites (tertiary alicyclic amines) is 1. The Morgan fingerprint density at radius 2 is 2.10 bits per heavy atom. The number of aliphatic carboxylic acids is 1. The maximum atomic E-state index is 12.2. The van der Waals surface area contributed by atoms with Gasteiger partial charge < -0.3 is 10.0 Å². The molecule has 20 heavy (non-hydrogen) atoms. The van der Waals surface area contributed by atoms with Gasteiger partial charge in [0.25, 0.3) is 0 Å². The van der Waals surface area contributed by atoms with E-state index in [2.05, 4.69) is 0 Å². The Morgan fingerprint density at radius 1 is 1.35 bits per heavy atom. The lowest BCUT2D eigenvalue weighted by molar-refractivity contribution is -0.139. The minimum atomic E-state index is -0.846. The molecule has 0 bridgehead atoms. The molecule has 1 heterocycles. The van der Waals surface area contributed by atoms with E-state index < -0.39 is 5.97 Å². The first-order valence-electron chi connectivity index (χ1n) is 6.82. The first-order valence-corrected chi connectivity index (χ1v) is 7.20. The summed E-state index contributed by atoms with van der Waals surface area (Å²) >= 11 is 6.06. The summed E-state index contributed by atoms with van der Waals surface area (Å²) in [5, 5.41) is 9.53. The Bertz CT molecular complexity index is 504. The van der Waals surface area contributed by atoms with Crippen molar-refractivity contribution in [2.45, 2.75) is 38.1 Å². The minimum Gasteiger partial charge on any atom is -0.481 e. The number of carboxylic acid groups (broad SMARTS) is 1. The number of nitrogens with zero attached hydrogens (tertiary/aromatic N) is 1. The molecule has 4 nitrogen and oxygen atoms in total. The van der Waals surface area contributed by atoms with Gasteiger partial charge in [0.15, 0.2) is 0 Å². The highest BCUT2D eigenvalue weighted by Gasteiger charge is 2.29. The first-order chi connectivity index (χ1) is 9.58. The maximum absolute atomic E-state index is 12.2. The summed E-state index contributed by atoms with van der Waals surface area (Å²) in [6.45, 7) is 0.666. The van der Waals surface area contributed by atoms with Crippen LogP contribution in [-0.4, -0.2) is 34.5 Å². The second kappa shape index (κ2) is 6.75. The molecule has 5 heteroatoms. The van der Waals surface area contributed by atoms with Crippen molar-refractivity contribution in [2.75, 3.05) is 6.54 Å². The SMILES string of the molecule is O=C(O)CC1CCCN1C(=O)CCc1ccccc1Cl. The predicted octanol–water partition coefficient (Wildman–Crippen LogP) is 2.74. The summed E-state index contributed by atoms with van der Waals surface area (Å²) in [6.07, 6.45) is 2.67. The molecule has 0 radical (unpaired) electrons. The fourth-order valence-electron chi connectivity index (χ4n) is 2.66. The van der Waals surface area contributed by atoms with Crippen molar-refractivity contribution in [1.82, 2.24) is 4.90 Å². The summed E-state index contributed by atoms with van der Waals surface area (Å²) in [5.74, 6) is -0.825. The zero-order valence-electron chi connectivity index (χ0n) is 11.2. The number of carbonyl (C=O) groups excluding carboxylic acids is 1. The molecule has 0 aliphatic carbocycles. The van der Waals surface area contributed by atoms with E-state index in [0.29, 0.717) is 24.4 Å². The van der Waals surface area contributed by atoms with E-state index in [1.165, 1.54) is 0 Å². The number of amides is 1. The van der Waals surface area contributed by atoms with Crippen molar-refractivity contribution in [3.05, 3.63) is 34.9 Å². The Hall–Kier alpha value is -1.55. The summed E-state index contributed by atoms with van der Waals surface area (Å²) in [4.78, 5) is 24.7. The van der Waals surface area contributed by atoms with Crippen LogP contribution in [-0.2, 0) is 16.0 Å². The van der Waals surface area contributed by atoms with Gasteiger partial charge in [0, 0.05) is 24.0 Å². The molecule has 1 aromatic rings. The molecule has 1 amide bonds. The fraction of sp³-hybridized carbons (Fsp3) is 0.467. The molecule has 1 saturated heterocycles. The second-order valence-corrected chi connectivity index (χ2v) is 5.48. The highest BCUT2D eigenvalue weighted by molar-refractivity contribution is 6.31. The van der Waals surface area contributed by atoms with E-state index in [-0.39, 0.29) is 18.4 Å². The fourth-order valence-corrected chi connectivity index (χ4v) is 2.89. The van der Waals surface area contributed by atoms with Crippen LogP contribution >= 0.6 is 11.6 Å². The number of hydrogen-bond acceptors (Lipinski definition) is 2. The Labute approximate surface area is 123 Å². The summed E-state index contributed by atoms with van der Waals surface area (Å²) in [5.41, 5.74) is 0.955. The number of carboxylic acids is 1. The van der Waals surface area contributed by atoms with Crippen LogP contribution in [0.5, 0.6) is 0 Å². The molecule has 0 saturated carbocycles. The lowest BCUT2D eigenvalue weighted by Crippen LogP contribution is -2.36. The van der Waals surface area contributed by atoms with E-state index in [9.17, 15) is 9.59 Å². The van der Waals surface area contributed by atoms with Gasteiger partial charge in [-0.05, 0) is 30.9 Å². The largest absolute Gasteiger partial charge is 0.481 e. The molecule has 1 N–H and O–H groups in total. The van der Waals surface area contributed by atoms with Crippen LogP contribution in [0.4, 0.5) is 0 Å². The molecule has 1 aromatic carbocycles. The van der Waals surface area contributed by atoms with Crippen molar-refractivity contribution in [3.63, 3.8) is 0 Å². The van der Waals surface area contributed by atoms with Gasteiger partial charge in [-0.2, -0.15) is 0 Å². The van der Waals surface area contributed by atoms with Gasteiger partial charge >= 0.3 is 5.97 Å². The van der Waals surface area contributed by atoms with Gasteiger partial charge in [-0.3, -0.25) is 9.59 Å². The number of rotatable bonds is 5.